The van der Waals surface area contributed by atoms with Crippen LogP contribution in [0.2, 0.25) is 0 Å². The molecule has 3 atom stereocenters. The molecule has 15 heteroatoms. The number of fused-ring (bicyclic) bond motifs is 1. The summed E-state index contributed by atoms with van der Waals surface area (Å²) in [7, 11) is 0. The quantitative estimate of drug-likeness (QED) is 0.0295. The van der Waals surface area contributed by atoms with E-state index in [9.17, 15) is 24.0 Å². The SMILES string of the molecule is C=C(N[C@@H](Cc1ccc2ccccc2c1)C(=O)NCC(N)=O)[C@H](CCCNC(=N)N)NC(=O)[C@@H](Cc1ccccc1)NC(=O)[C@]1(NC(=O)NCCCC)CC[C@@H](c2ccccc2)CC1. The van der Waals surface area contributed by atoms with Gasteiger partial charge in [0.25, 0.3) is 0 Å². The van der Waals surface area contributed by atoms with E-state index < -0.39 is 53.3 Å². The summed E-state index contributed by atoms with van der Waals surface area (Å²) in [5.74, 6) is -2.16. The standard InChI is InChI=1S/C49H64N10O5/c1-3-4-27-54-48(64)59-49(25-23-38(24-26-49)36-16-9-6-10-17-36)46(63)58-42(30-34-14-7-5-8-15-34)45(62)57-40(20-13-28-53-47(51)52)33(2)56-41(44(61)55-32-43(50)60)31-35-21-22-37-18-11-12-19-39(37)29-35/h5-12,14-19,21-22,29,38,40-42,56H,2-4,13,20,23-28,30-32H2,1H3,(H2,50,60)(H,55,61)(H,57,62)(H,58,63)(H4,51,52,53)(H2,54,59,64)/t38-,40-,41-,42+,49+/m0/s1. The first-order chi connectivity index (χ1) is 30.9. The van der Waals surface area contributed by atoms with Gasteiger partial charge in [0.2, 0.25) is 23.6 Å². The fraction of sp³-hybridized carbons (Fsp3) is 0.388. The zero-order valence-corrected chi connectivity index (χ0v) is 36.7. The molecule has 1 aliphatic carbocycles. The Kier molecular flexibility index (Phi) is 18.1. The maximum atomic E-state index is 14.7. The number of carbonyl (C=O) groups is 5. The molecule has 15 nitrogen and oxygen atoms in total. The van der Waals surface area contributed by atoms with Gasteiger partial charge >= 0.3 is 6.03 Å². The lowest BCUT2D eigenvalue weighted by Gasteiger charge is -2.40. The van der Waals surface area contributed by atoms with E-state index in [0.717, 1.165) is 34.7 Å². The number of nitrogens with two attached hydrogens (primary N) is 2. The third-order valence-electron chi connectivity index (χ3n) is 11.7. The third-order valence-corrected chi connectivity index (χ3v) is 11.7. The molecule has 1 fully saturated rings. The van der Waals surface area contributed by atoms with E-state index >= 15 is 0 Å². The molecule has 0 bridgehead atoms. The van der Waals surface area contributed by atoms with E-state index in [1.165, 1.54) is 5.56 Å². The average Bonchev–Trinajstić information content (AvgIpc) is 3.29. The van der Waals surface area contributed by atoms with Crippen LogP contribution in [0, 0.1) is 5.41 Å². The van der Waals surface area contributed by atoms with Crippen molar-refractivity contribution in [1.29, 1.82) is 5.41 Å². The second-order valence-electron chi connectivity index (χ2n) is 16.6. The summed E-state index contributed by atoms with van der Waals surface area (Å²) in [5.41, 5.74) is 12.8. The number of urea groups is 1. The highest BCUT2D eigenvalue weighted by Crippen LogP contribution is 2.38. The van der Waals surface area contributed by atoms with Gasteiger partial charge in [-0.25, -0.2) is 4.79 Å². The highest BCUT2D eigenvalue weighted by molar-refractivity contribution is 5.95. The van der Waals surface area contributed by atoms with Gasteiger partial charge in [0.15, 0.2) is 5.96 Å². The van der Waals surface area contributed by atoms with Crippen molar-refractivity contribution in [3.63, 3.8) is 0 Å². The first-order valence-corrected chi connectivity index (χ1v) is 22.2. The zero-order chi connectivity index (χ0) is 45.9. The van der Waals surface area contributed by atoms with Gasteiger partial charge < -0.3 is 48.7 Å². The molecule has 12 N–H and O–H groups in total. The summed E-state index contributed by atoms with van der Waals surface area (Å²) in [6.07, 6.45) is 4.80. The van der Waals surface area contributed by atoms with Gasteiger partial charge in [0.05, 0.1) is 12.6 Å². The van der Waals surface area contributed by atoms with Crippen LogP contribution in [0.4, 0.5) is 4.79 Å². The van der Waals surface area contributed by atoms with Crippen molar-refractivity contribution in [2.45, 2.75) is 101 Å². The van der Waals surface area contributed by atoms with Gasteiger partial charge in [0.1, 0.15) is 17.6 Å². The van der Waals surface area contributed by atoms with Gasteiger partial charge in [-0.15, -0.1) is 0 Å². The van der Waals surface area contributed by atoms with Crippen molar-refractivity contribution >= 4 is 46.4 Å². The Morgan fingerprint density at radius 2 is 1.33 bits per heavy atom. The first kappa shape index (κ1) is 48.1. The molecule has 0 unspecified atom stereocenters. The number of nitrogens with one attached hydrogen (secondary N) is 8. The Balaban J connectivity index is 1.41. The number of hydrogen-bond acceptors (Lipinski definition) is 7. The highest BCUT2D eigenvalue weighted by Gasteiger charge is 2.45. The predicted molar refractivity (Wildman–Crippen MR) is 251 cm³/mol. The average molecular weight is 873 g/mol. The van der Waals surface area contributed by atoms with E-state index in [-0.39, 0.29) is 31.3 Å². The molecule has 5 rings (SSSR count). The molecule has 0 spiro atoms. The molecule has 4 aromatic carbocycles. The Morgan fingerprint density at radius 3 is 2.00 bits per heavy atom. The van der Waals surface area contributed by atoms with Gasteiger partial charge in [-0.3, -0.25) is 24.6 Å². The van der Waals surface area contributed by atoms with Crippen molar-refractivity contribution in [1.82, 2.24) is 37.2 Å². The minimum absolute atomic E-state index is 0.141. The van der Waals surface area contributed by atoms with Crippen LogP contribution >= 0.6 is 0 Å². The monoisotopic (exact) mass is 873 g/mol. The summed E-state index contributed by atoms with van der Waals surface area (Å²) in [6, 6.07) is 30.0. The largest absolute Gasteiger partial charge is 0.376 e. The summed E-state index contributed by atoms with van der Waals surface area (Å²) >= 11 is 0. The van der Waals surface area contributed by atoms with Crippen molar-refractivity contribution in [3.8, 4) is 0 Å². The summed E-state index contributed by atoms with van der Waals surface area (Å²) in [5, 5.41) is 30.4. The molecule has 6 amide bonds. The minimum Gasteiger partial charge on any atom is -0.376 e. The summed E-state index contributed by atoms with van der Waals surface area (Å²) in [4.78, 5) is 68.1. The molecule has 64 heavy (non-hydrogen) atoms. The van der Waals surface area contributed by atoms with E-state index in [2.05, 4.69) is 55.9 Å². The van der Waals surface area contributed by atoms with Crippen LogP contribution in [0.15, 0.2) is 115 Å². The van der Waals surface area contributed by atoms with Crippen LogP contribution in [-0.4, -0.2) is 78.9 Å². The first-order valence-electron chi connectivity index (χ1n) is 22.2. The molecular formula is C49H64N10O5. The van der Waals surface area contributed by atoms with Crippen molar-refractivity contribution in [2.24, 2.45) is 11.5 Å². The smallest absolute Gasteiger partial charge is 0.315 e. The molecule has 0 radical (unpaired) electrons. The van der Waals surface area contributed by atoms with Gasteiger partial charge in [-0.1, -0.05) is 123 Å². The summed E-state index contributed by atoms with van der Waals surface area (Å²) < 4.78 is 0. The fourth-order valence-electron chi connectivity index (χ4n) is 8.14. The normalized spacial score (nSPS) is 17.1. The topological polar surface area (TPSA) is 245 Å². The van der Waals surface area contributed by atoms with Gasteiger partial charge in [0, 0.05) is 31.6 Å². The van der Waals surface area contributed by atoms with Crippen LogP contribution in [-0.2, 0) is 32.0 Å². The molecule has 340 valence electrons. The number of unbranched alkanes of at least 4 members (excludes halogenated alkanes) is 1. The Labute approximate surface area is 375 Å². The number of rotatable bonds is 23. The fourth-order valence-corrected chi connectivity index (χ4v) is 8.14. The van der Waals surface area contributed by atoms with Crippen LogP contribution < -0.4 is 48.7 Å². The molecule has 0 aliphatic heterocycles. The lowest BCUT2D eigenvalue weighted by Crippen LogP contribution is -2.65. The van der Waals surface area contributed by atoms with Gasteiger partial charge in [-0.05, 0) is 78.3 Å². The molecule has 1 saturated carbocycles. The number of amides is 6. The molecule has 4 aromatic rings. The minimum atomic E-state index is -1.28. The second kappa shape index (κ2) is 24.1. The molecule has 0 saturated heterocycles. The predicted octanol–water partition coefficient (Wildman–Crippen LogP) is 4.13. The Bertz CT molecular complexity index is 2210. The third kappa shape index (κ3) is 14.6. The molecular weight excluding hydrogens is 809 g/mol. The van der Waals surface area contributed by atoms with E-state index in [0.29, 0.717) is 57.3 Å². The molecule has 1 aliphatic rings. The highest BCUT2D eigenvalue weighted by atomic mass is 16.2. The van der Waals surface area contributed by atoms with Crippen LogP contribution in [0.1, 0.15) is 80.9 Å². The Morgan fingerprint density at radius 1 is 0.703 bits per heavy atom. The van der Waals surface area contributed by atoms with Crippen molar-refractivity contribution in [2.75, 3.05) is 19.6 Å². The maximum absolute atomic E-state index is 14.7. The number of primary amides is 1. The molecule has 0 aromatic heterocycles. The maximum Gasteiger partial charge on any atom is 0.315 e. The number of benzene rings is 4. The van der Waals surface area contributed by atoms with Crippen LogP contribution in [0.25, 0.3) is 10.8 Å². The zero-order valence-electron chi connectivity index (χ0n) is 36.7. The number of carbonyl (C=O) groups excluding carboxylic acids is 5. The van der Waals surface area contributed by atoms with E-state index in [4.69, 9.17) is 16.9 Å². The van der Waals surface area contributed by atoms with Crippen LogP contribution in [0.3, 0.4) is 0 Å². The lowest BCUT2D eigenvalue weighted by atomic mass is 9.73. The van der Waals surface area contributed by atoms with Gasteiger partial charge in [-0.2, -0.15) is 0 Å². The Hall–Kier alpha value is -6.90. The number of hydrogen-bond donors (Lipinski definition) is 10. The van der Waals surface area contributed by atoms with Crippen molar-refractivity contribution in [3.05, 3.63) is 132 Å². The van der Waals surface area contributed by atoms with E-state index in [1.807, 2.05) is 97.9 Å². The number of guanidine groups is 1. The van der Waals surface area contributed by atoms with Crippen molar-refractivity contribution < 1.29 is 24.0 Å². The molecule has 0 heterocycles. The lowest BCUT2D eigenvalue weighted by molar-refractivity contribution is -0.133. The summed E-state index contributed by atoms with van der Waals surface area (Å²) in [6.45, 7) is 6.73. The van der Waals surface area contributed by atoms with E-state index in [1.54, 1.807) is 0 Å². The van der Waals surface area contributed by atoms with Crippen LogP contribution in [0.5, 0.6) is 0 Å². The second-order valence-corrected chi connectivity index (χ2v) is 16.6.